The van der Waals surface area contributed by atoms with Gasteiger partial charge in [-0.3, -0.25) is 14.4 Å². The predicted octanol–water partition coefficient (Wildman–Crippen LogP) is -0.915. The van der Waals surface area contributed by atoms with E-state index in [1.54, 1.807) is 6.92 Å². The van der Waals surface area contributed by atoms with Crippen molar-refractivity contribution in [3.8, 4) is 17.2 Å². The van der Waals surface area contributed by atoms with Gasteiger partial charge < -0.3 is 45.5 Å². The molecule has 5 rings (SSSR count). The van der Waals surface area contributed by atoms with E-state index in [9.17, 15) is 39.9 Å². The number of ketones is 3. The van der Waals surface area contributed by atoms with Crippen LogP contribution in [0.4, 0.5) is 0 Å². The minimum absolute atomic E-state index is 0. The SMILES string of the molecule is COc1cccc2c1C(=O)c1c(O)c3c(c(O)c1C2=O)C[C@@](O)(C(=O)CO)C[C@@H]3OC1CC(N)C(O)C(C)O1.[CaH2]. The van der Waals surface area contributed by atoms with Crippen LogP contribution in [0.3, 0.4) is 0 Å². The van der Waals surface area contributed by atoms with E-state index < -0.39 is 95.7 Å². The fraction of sp³-hybridized carbons (Fsp3) is 0.444. The summed E-state index contributed by atoms with van der Waals surface area (Å²) in [6, 6.07) is 3.64. The second kappa shape index (κ2) is 11.3. The normalized spacial score (nSPS) is 29.1. The number of carbonyl (C=O) groups excluding carboxylic acids is 3. The van der Waals surface area contributed by atoms with Gasteiger partial charge in [0.1, 0.15) is 29.5 Å². The third-order valence-corrected chi connectivity index (χ3v) is 7.81. The van der Waals surface area contributed by atoms with Crippen molar-refractivity contribution in [3.63, 3.8) is 0 Å². The molecule has 0 spiro atoms. The number of hydrogen-bond donors (Lipinski definition) is 6. The molecule has 1 saturated heterocycles. The van der Waals surface area contributed by atoms with Gasteiger partial charge in [-0.25, -0.2) is 0 Å². The molecule has 40 heavy (non-hydrogen) atoms. The van der Waals surface area contributed by atoms with E-state index in [4.69, 9.17) is 19.9 Å². The van der Waals surface area contributed by atoms with Gasteiger partial charge in [-0.05, 0) is 13.0 Å². The van der Waals surface area contributed by atoms with Crippen LogP contribution in [-0.4, -0.2) is 124 Å². The average molecular weight is 586 g/mol. The van der Waals surface area contributed by atoms with Crippen molar-refractivity contribution < 1.29 is 54.1 Å². The van der Waals surface area contributed by atoms with Crippen molar-refractivity contribution in [1.82, 2.24) is 0 Å². The molecule has 2 aromatic rings. The van der Waals surface area contributed by atoms with Gasteiger partial charge in [0.05, 0.1) is 42.1 Å². The number of hydrogen-bond acceptors (Lipinski definition) is 12. The first kappa shape index (κ1) is 30.8. The molecule has 1 heterocycles. The van der Waals surface area contributed by atoms with Crippen molar-refractivity contribution in [2.75, 3.05) is 13.7 Å². The van der Waals surface area contributed by atoms with Crippen LogP contribution in [0.25, 0.3) is 0 Å². The summed E-state index contributed by atoms with van der Waals surface area (Å²) >= 11 is 0. The minimum atomic E-state index is -2.24. The summed E-state index contributed by atoms with van der Waals surface area (Å²) in [5.74, 6) is -3.77. The summed E-state index contributed by atoms with van der Waals surface area (Å²) in [6.45, 7) is 0.560. The van der Waals surface area contributed by atoms with E-state index >= 15 is 0 Å². The summed E-state index contributed by atoms with van der Waals surface area (Å²) < 4.78 is 17.0. The van der Waals surface area contributed by atoms with E-state index in [1.165, 1.54) is 25.3 Å². The first-order valence-corrected chi connectivity index (χ1v) is 12.4. The zero-order chi connectivity index (χ0) is 28.4. The van der Waals surface area contributed by atoms with Crippen molar-refractivity contribution in [3.05, 3.63) is 51.6 Å². The average Bonchev–Trinajstić information content (AvgIpc) is 2.90. The van der Waals surface area contributed by atoms with Crippen LogP contribution in [0.1, 0.15) is 68.8 Å². The van der Waals surface area contributed by atoms with Gasteiger partial charge in [-0.1, -0.05) is 12.1 Å². The Morgan fingerprint density at radius 1 is 1.15 bits per heavy atom. The topological polar surface area (TPSA) is 206 Å². The number of nitrogens with two attached hydrogens (primary N) is 1. The van der Waals surface area contributed by atoms with E-state index in [0.717, 1.165) is 0 Å². The van der Waals surface area contributed by atoms with Crippen LogP contribution in [0.15, 0.2) is 18.2 Å². The molecule has 4 unspecified atom stereocenters. The summed E-state index contributed by atoms with van der Waals surface area (Å²) in [5.41, 5.74) is 2.37. The third kappa shape index (κ3) is 4.75. The Morgan fingerprint density at radius 3 is 2.45 bits per heavy atom. The van der Waals surface area contributed by atoms with Crippen LogP contribution < -0.4 is 10.5 Å². The molecule has 0 aromatic heterocycles. The fourth-order valence-corrected chi connectivity index (χ4v) is 5.75. The zero-order valence-corrected chi connectivity index (χ0v) is 21.2. The molecule has 1 aliphatic heterocycles. The molecular formula is C27H31CaNO11. The maximum absolute atomic E-state index is 13.6. The Bertz CT molecular complexity index is 1380. The number of carbonyl (C=O) groups is 3. The molecular weight excluding hydrogens is 554 g/mol. The van der Waals surface area contributed by atoms with Gasteiger partial charge in [-0.15, -0.1) is 0 Å². The van der Waals surface area contributed by atoms with Gasteiger partial charge >= 0.3 is 37.7 Å². The summed E-state index contributed by atoms with van der Waals surface area (Å²) in [4.78, 5) is 39.7. The number of benzene rings is 2. The Labute approximate surface area is 258 Å². The fourth-order valence-electron chi connectivity index (χ4n) is 5.75. The molecule has 3 aliphatic rings. The van der Waals surface area contributed by atoms with Crippen LogP contribution in [0.2, 0.25) is 0 Å². The third-order valence-electron chi connectivity index (χ3n) is 7.81. The molecule has 6 atom stereocenters. The van der Waals surface area contributed by atoms with Crippen LogP contribution in [-0.2, 0) is 20.7 Å². The van der Waals surface area contributed by atoms with Crippen LogP contribution in [0, 0.1) is 0 Å². The quantitative estimate of drug-likeness (QED) is 0.159. The molecule has 1 fully saturated rings. The van der Waals surface area contributed by atoms with Gasteiger partial charge in [0, 0.05) is 42.0 Å². The molecule has 7 N–H and O–H groups in total. The number of rotatable bonds is 5. The van der Waals surface area contributed by atoms with E-state index in [1.807, 2.05) is 0 Å². The van der Waals surface area contributed by atoms with Gasteiger partial charge in [0.15, 0.2) is 17.9 Å². The summed E-state index contributed by atoms with van der Waals surface area (Å²) in [5, 5.41) is 53.7. The molecule has 2 aliphatic carbocycles. The molecule has 13 heteroatoms. The van der Waals surface area contributed by atoms with Crippen LogP contribution in [0.5, 0.6) is 17.2 Å². The van der Waals surface area contributed by atoms with Crippen molar-refractivity contribution in [2.24, 2.45) is 5.73 Å². The molecule has 0 amide bonds. The predicted molar refractivity (Wildman–Crippen MR) is 140 cm³/mol. The zero-order valence-electron chi connectivity index (χ0n) is 21.2. The molecule has 12 nitrogen and oxygen atoms in total. The van der Waals surface area contributed by atoms with Crippen molar-refractivity contribution >= 4 is 55.1 Å². The number of phenols is 2. The maximum atomic E-state index is 13.6. The number of Topliss-reactive ketones (excluding diaryl/α,β-unsaturated/α-hetero) is 1. The van der Waals surface area contributed by atoms with E-state index in [-0.39, 0.29) is 72.2 Å². The van der Waals surface area contributed by atoms with Crippen molar-refractivity contribution in [2.45, 2.75) is 62.4 Å². The summed E-state index contributed by atoms with van der Waals surface area (Å²) in [6.07, 6.45) is -5.12. The van der Waals surface area contributed by atoms with Crippen molar-refractivity contribution in [1.29, 1.82) is 0 Å². The Balaban J connectivity index is 0.00000370. The standard InChI is InChI=1S/C27H29NO11.Ca.2H/c1-10-22(31)13(28)6-17(38-10)39-15-8-27(36,16(30)9-29)7-12-19(15)26(35)21-20(24(12)33)23(32)11-4-3-5-14(37-2)18(11)25(21)34;;;/h3-5,10,13,15,17,22,29,31,33,35-36H,6-9,28H2,1-2H3;;;/t10?,13?,15-,17?,22?,27-;;;/m0.../s1. The van der Waals surface area contributed by atoms with E-state index in [0.29, 0.717) is 0 Å². The second-order valence-corrected chi connectivity index (χ2v) is 10.2. The summed E-state index contributed by atoms with van der Waals surface area (Å²) in [7, 11) is 1.32. The molecule has 0 bridgehead atoms. The number of aliphatic hydroxyl groups excluding tert-OH is 2. The monoisotopic (exact) mass is 585 g/mol. The number of phenolic OH excluding ortho intramolecular Hbond substituents is 2. The van der Waals surface area contributed by atoms with Gasteiger partial charge in [-0.2, -0.15) is 0 Å². The molecule has 2 aromatic carbocycles. The Hall–Kier alpha value is -2.13. The number of ether oxygens (including phenoxy) is 3. The molecule has 0 saturated carbocycles. The first-order valence-electron chi connectivity index (χ1n) is 12.4. The van der Waals surface area contributed by atoms with Gasteiger partial charge in [0.2, 0.25) is 5.78 Å². The van der Waals surface area contributed by atoms with Crippen LogP contribution >= 0.6 is 0 Å². The molecule has 212 valence electrons. The number of aliphatic hydroxyl groups is 3. The first-order chi connectivity index (χ1) is 18.4. The second-order valence-electron chi connectivity index (χ2n) is 10.2. The number of fused-ring (bicyclic) bond motifs is 3. The Kier molecular flexibility index (Phi) is 8.69. The van der Waals surface area contributed by atoms with E-state index in [2.05, 4.69) is 0 Å². The Morgan fingerprint density at radius 2 is 1.82 bits per heavy atom. The number of methoxy groups -OCH3 is 1. The molecule has 0 radical (unpaired) electrons. The number of aromatic hydroxyl groups is 2. The van der Waals surface area contributed by atoms with Gasteiger partial charge in [0.25, 0.3) is 0 Å².